The number of benzene rings is 2. The van der Waals surface area contributed by atoms with E-state index in [9.17, 15) is 14.7 Å². The second kappa shape index (κ2) is 8.55. The zero-order valence-corrected chi connectivity index (χ0v) is 16.9. The van der Waals surface area contributed by atoms with Gasteiger partial charge in [-0.1, -0.05) is 41.9 Å². The smallest absolute Gasteiger partial charge is 0.295 e. The highest BCUT2D eigenvalue weighted by Crippen LogP contribution is 2.39. The quantitative estimate of drug-likeness (QED) is 0.370. The van der Waals surface area contributed by atoms with E-state index in [2.05, 4.69) is 4.98 Å². The number of rotatable bonds is 6. The third-order valence-electron chi connectivity index (χ3n) is 5.15. The lowest BCUT2D eigenvalue weighted by atomic mass is 9.95. The van der Waals surface area contributed by atoms with Gasteiger partial charge in [0.25, 0.3) is 11.7 Å². The molecule has 1 atom stereocenters. The van der Waals surface area contributed by atoms with Crippen molar-refractivity contribution in [3.8, 4) is 0 Å². The van der Waals surface area contributed by atoms with Crippen LogP contribution >= 0.6 is 11.6 Å². The fourth-order valence-corrected chi connectivity index (χ4v) is 3.82. The third-order valence-corrected chi connectivity index (χ3v) is 5.40. The van der Waals surface area contributed by atoms with Crippen LogP contribution in [0.15, 0.2) is 78.9 Å². The van der Waals surface area contributed by atoms with Crippen LogP contribution < -0.4 is 0 Å². The molecule has 0 spiro atoms. The normalized spacial score (nSPS) is 18.2. The molecule has 6 nitrogen and oxygen atoms in total. The second-order valence-corrected chi connectivity index (χ2v) is 7.50. The lowest BCUT2D eigenvalue weighted by molar-refractivity contribution is -0.139. The molecule has 7 heteroatoms. The van der Waals surface area contributed by atoms with E-state index in [-0.39, 0.29) is 11.3 Å². The lowest BCUT2D eigenvalue weighted by Crippen LogP contribution is -2.31. The standard InChI is InChI=1S/C23H20ClN3O3/c24-18-9-7-17(8-10-18)21(28)19-20(16-5-2-1-3-6-16)27(23(30)22(19)29)13-4-12-26-14-11-25-15-26/h1-3,5-11,14-15,20,28H,4,12-13H2/b21-19+/t20-/m0/s1. The van der Waals surface area contributed by atoms with E-state index in [1.54, 1.807) is 36.8 Å². The Bertz CT molecular complexity index is 1080. The lowest BCUT2D eigenvalue weighted by Gasteiger charge is -2.25. The summed E-state index contributed by atoms with van der Waals surface area (Å²) in [7, 11) is 0. The number of ketones is 1. The SMILES string of the molecule is O=C1C(=O)N(CCCn2ccnc2)[C@@H](c2ccccc2)/C1=C(\O)c1ccc(Cl)cc1. The number of likely N-dealkylation sites (tertiary alicyclic amines) is 1. The number of aliphatic hydroxyl groups is 1. The second-order valence-electron chi connectivity index (χ2n) is 7.06. The van der Waals surface area contributed by atoms with Gasteiger partial charge in [-0.15, -0.1) is 0 Å². The van der Waals surface area contributed by atoms with Crippen LogP contribution in [0.3, 0.4) is 0 Å². The summed E-state index contributed by atoms with van der Waals surface area (Å²) in [4.78, 5) is 31.3. The van der Waals surface area contributed by atoms with Crippen molar-refractivity contribution in [2.24, 2.45) is 0 Å². The van der Waals surface area contributed by atoms with Gasteiger partial charge in [-0.25, -0.2) is 4.98 Å². The maximum Gasteiger partial charge on any atom is 0.295 e. The van der Waals surface area contributed by atoms with E-state index in [0.717, 1.165) is 5.56 Å². The van der Waals surface area contributed by atoms with E-state index in [1.807, 2.05) is 41.1 Å². The van der Waals surface area contributed by atoms with Crippen molar-refractivity contribution in [3.63, 3.8) is 0 Å². The van der Waals surface area contributed by atoms with Crippen molar-refractivity contribution >= 4 is 29.1 Å². The van der Waals surface area contributed by atoms with Crippen molar-refractivity contribution < 1.29 is 14.7 Å². The molecule has 1 saturated heterocycles. The Hall–Kier alpha value is -3.38. The number of imidazole rings is 1. The van der Waals surface area contributed by atoms with Crippen molar-refractivity contribution in [3.05, 3.63) is 95.0 Å². The van der Waals surface area contributed by atoms with Gasteiger partial charge < -0.3 is 14.6 Å². The van der Waals surface area contributed by atoms with Crippen LogP contribution in [0.2, 0.25) is 5.02 Å². The van der Waals surface area contributed by atoms with Gasteiger partial charge in [0.2, 0.25) is 0 Å². The van der Waals surface area contributed by atoms with Crippen molar-refractivity contribution in [2.75, 3.05) is 6.54 Å². The Morgan fingerprint density at radius 2 is 1.77 bits per heavy atom. The molecule has 0 radical (unpaired) electrons. The molecule has 152 valence electrons. The van der Waals surface area contributed by atoms with Gasteiger partial charge in [0.05, 0.1) is 17.9 Å². The summed E-state index contributed by atoms with van der Waals surface area (Å²) < 4.78 is 1.92. The van der Waals surface area contributed by atoms with Crippen LogP contribution in [0, 0.1) is 0 Å². The molecule has 4 rings (SSSR count). The van der Waals surface area contributed by atoms with Crippen molar-refractivity contribution in [1.29, 1.82) is 0 Å². The summed E-state index contributed by atoms with van der Waals surface area (Å²) in [6, 6.07) is 15.2. The molecular weight excluding hydrogens is 402 g/mol. The van der Waals surface area contributed by atoms with E-state index in [0.29, 0.717) is 30.1 Å². The number of carbonyl (C=O) groups is 2. The van der Waals surface area contributed by atoms with Crippen LogP contribution in [0.25, 0.3) is 5.76 Å². The predicted molar refractivity (Wildman–Crippen MR) is 114 cm³/mol. The number of amides is 1. The monoisotopic (exact) mass is 421 g/mol. The minimum atomic E-state index is -0.682. The van der Waals surface area contributed by atoms with Crippen molar-refractivity contribution in [2.45, 2.75) is 19.0 Å². The van der Waals surface area contributed by atoms with Crippen LogP contribution in [0.5, 0.6) is 0 Å². The molecule has 0 aliphatic carbocycles. The first-order chi connectivity index (χ1) is 14.6. The molecule has 0 unspecified atom stereocenters. The maximum absolute atomic E-state index is 12.9. The van der Waals surface area contributed by atoms with Crippen molar-refractivity contribution in [1.82, 2.24) is 14.5 Å². The number of aromatic nitrogens is 2. The van der Waals surface area contributed by atoms with Gasteiger partial charge >= 0.3 is 0 Å². The summed E-state index contributed by atoms with van der Waals surface area (Å²) in [5.74, 6) is -1.49. The Morgan fingerprint density at radius 3 is 2.43 bits per heavy atom. The Morgan fingerprint density at radius 1 is 1.03 bits per heavy atom. The molecule has 1 N–H and O–H groups in total. The maximum atomic E-state index is 12.9. The minimum absolute atomic E-state index is 0.0937. The summed E-state index contributed by atoms with van der Waals surface area (Å²) in [5.41, 5.74) is 1.31. The van der Waals surface area contributed by atoms with Gasteiger partial charge in [-0.05, 0) is 36.2 Å². The summed E-state index contributed by atoms with van der Waals surface area (Å²) in [6.45, 7) is 1.04. The predicted octanol–water partition coefficient (Wildman–Crippen LogP) is 4.05. The number of aryl methyl sites for hydroxylation is 1. The Kier molecular flexibility index (Phi) is 5.68. The third kappa shape index (κ3) is 3.86. The number of carbonyl (C=O) groups excluding carboxylic acids is 2. The molecule has 2 aromatic carbocycles. The molecule has 3 aromatic rings. The van der Waals surface area contributed by atoms with Crippen LogP contribution in [-0.4, -0.2) is 37.8 Å². The average Bonchev–Trinajstić information content (AvgIpc) is 3.37. The molecular formula is C23H20ClN3O3. The van der Waals surface area contributed by atoms with Crippen LogP contribution in [0.1, 0.15) is 23.6 Å². The fourth-order valence-electron chi connectivity index (χ4n) is 3.70. The zero-order valence-electron chi connectivity index (χ0n) is 16.1. The number of halogens is 1. The molecule has 0 bridgehead atoms. The minimum Gasteiger partial charge on any atom is -0.507 e. The Labute approximate surface area is 179 Å². The number of Topliss-reactive ketones (excluding diaryl/α,β-unsaturated/α-hetero) is 1. The highest BCUT2D eigenvalue weighted by Gasteiger charge is 2.45. The van der Waals surface area contributed by atoms with Gasteiger partial charge in [-0.3, -0.25) is 9.59 Å². The molecule has 1 amide bonds. The van der Waals surface area contributed by atoms with E-state index in [1.165, 1.54) is 4.90 Å². The van der Waals surface area contributed by atoms with E-state index in [4.69, 9.17) is 11.6 Å². The summed E-state index contributed by atoms with van der Waals surface area (Å²) in [6.07, 6.45) is 5.91. The molecule has 1 aliphatic heterocycles. The first-order valence-electron chi connectivity index (χ1n) is 9.61. The topological polar surface area (TPSA) is 75.4 Å². The number of hydrogen-bond donors (Lipinski definition) is 1. The van der Waals surface area contributed by atoms with Gasteiger partial charge in [0, 0.05) is 36.1 Å². The zero-order chi connectivity index (χ0) is 21.1. The molecule has 1 aromatic heterocycles. The van der Waals surface area contributed by atoms with Crippen LogP contribution in [0.4, 0.5) is 0 Å². The first kappa shape index (κ1) is 19.9. The van der Waals surface area contributed by atoms with Gasteiger partial charge in [0.1, 0.15) is 5.76 Å². The molecule has 0 saturated carbocycles. The summed E-state index contributed by atoms with van der Waals surface area (Å²) in [5, 5.41) is 11.5. The Balaban J connectivity index is 1.71. The van der Waals surface area contributed by atoms with Gasteiger partial charge in [-0.2, -0.15) is 0 Å². The molecule has 2 heterocycles. The molecule has 30 heavy (non-hydrogen) atoms. The van der Waals surface area contributed by atoms with E-state index >= 15 is 0 Å². The number of nitrogens with zero attached hydrogens (tertiary/aromatic N) is 3. The highest BCUT2D eigenvalue weighted by atomic mass is 35.5. The molecule has 1 aliphatic rings. The highest BCUT2D eigenvalue weighted by molar-refractivity contribution is 6.46. The average molecular weight is 422 g/mol. The largest absolute Gasteiger partial charge is 0.507 e. The fraction of sp³-hybridized carbons (Fsp3) is 0.174. The number of hydrogen-bond acceptors (Lipinski definition) is 4. The van der Waals surface area contributed by atoms with E-state index < -0.39 is 17.7 Å². The van der Waals surface area contributed by atoms with Crippen LogP contribution in [-0.2, 0) is 16.1 Å². The van der Waals surface area contributed by atoms with Gasteiger partial charge in [0.15, 0.2) is 0 Å². The first-order valence-corrected chi connectivity index (χ1v) is 9.99. The molecule has 1 fully saturated rings. The summed E-state index contributed by atoms with van der Waals surface area (Å²) >= 11 is 5.94. The number of aliphatic hydroxyl groups excluding tert-OH is 1.